The maximum Gasteiger partial charge on any atom is 0.238 e. The maximum atomic E-state index is 13.2. The van der Waals surface area contributed by atoms with Gasteiger partial charge in [0.15, 0.2) is 0 Å². The molecule has 1 N–H and O–H groups in total. The zero-order chi connectivity index (χ0) is 21.3. The molecule has 30 heavy (non-hydrogen) atoms. The largest absolute Gasteiger partial charge is 0.419 e. The average Bonchev–Trinajstić information content (AvgIpc) is 3.15. The summed E-state index contributed by atoms with van der Waals surface area (Å²) in [6, 6.07) is 18.6. The summed E-state index contributed by atoms with van der Waals surface area (Å²) in [5, 5.41) is 3.03. The third-order valence-electron chi connectivity index (χ3n) is 4.38. The van der Waals surface area contributed by atoms with Crippen LogP contribution in [0.5, 0.6) is 0 Å². The molecule has 0 bridgehead atoms. The van der Waals surface area contributed by atoms with Crippen molar-refractivity contribution in [2.75, 3.05) is 5.32 Å². The molecule has 0 spiro atoms. The minimum absolute atomic E-state index is 0.0258. The van der Waals surface area contributed by atoms with Gasteiger partial charge in [0.25, 0.3) is 0 Å². The van der Waals surface area contributed by atoms with E-state index < -0.39 is 15.7 Å². The van der Waals surface area contributed by atoms with Crippen molar-refractivity contribution in [3.63, 3.8) is 0 Å². The van der Waals surface area contributed by atoms with Crippen LogP contribution in [-0.2, 0) is 9.84 Å². The topological polar surface area (TPSA) is 72.2 Å². The van der Waals surface area contributed by atoms with Gasteiger partial charge >= 0.3 is 0 Å². The molecule has 0 atom stereocenters. The zero-order valence-electron chi connectivity index (χ0n) is 15.8. The fourth-order valence-electron chi connectivity index (χ4n) is 2.78. The van der Waals surface area contributed by atoms with E-state index in [0.29, 0.717) is 16.3 Å². The number of benzene rings is 3. The number of rotatable bonds is 5. The summed E-state index contributed by atoms with van der Waals surface area (Å²) in [7, 11) is -4.01. The number of hydrogen-bond donors (Lipinski definition) is 1. The number of anilines is 2. The van der Waals surface area contributed by atoms with Crippen molar-refractivity contribution in [2.24, 2.45) is 0 Å². The SMILES string of the molecule is Cc1ccc(-c2nc(S(=O)(=O)c3ccc(Cl)cc3)c(Nc3ccc(F)cc3)o2)cc1. The molecule has 0 fully saturated rings. The standard InChI is InChI=1S/C22H16ClFN2O3S/c1-14-2-4-15(5-3-14)20-26-22(30(27,28)19-12-6-16(23)7-13-19)21(29-20)25-18-10-8-17(24)9-11-18/h2-13,25H,1H3. The number of oxazole rings is 1. The molecule has 0 radical (unpaired) electrons. The second-order valence-electron chi connectivity index (χ2n) is 6.61. The van der Waals surface area contributed by atoms with Crippen LogP contribution in [0, 0.1) is 12.7 Å². The molecule has 1 heterocycles. The first kappa shape index (κ1) is 20.1. The van der Waals surface area contributed by atoms with Gasteiger partial charge in [0.1, 0.15) is 5.82 Å². The Morgan fingerprint density at radius 2 is 1.57 bits per heavy atom. The van der Waals surface area contributed by atoms with E-state index in [9.17, 15) is 12.8 Å². The lowest BCUT2D eigenvalue weighted by Gasteiger charge is -2.06. The van der Waals surface area contributed by atoms with Crippen LogP contribution in [0.3, 0.4) is 0 Å². The third kappa shape index (κ3) is 4.08. The lowest BCUT2D eigenvalue weighted by atomic mass is 10.1. The van der Waals surface area contributed by atoms with E-state index in [-0.39, 0.29) is 21.7 Å². The molecular weight excluding hydrogens is 427 g/mol. The maximum absolute atomic E-state index is 13.2. The quantitative estimate of drug-likeness (QED) is 0.409. The predicted octanol–water partition coefficient (Wildman–Crippen LogP) is 6.02. The monoisotopic (exact) mass is 442 g/mol. The summed E-state index contributed by atoms with van der Waals surface area (Å²) in [5.74, 6) is -0.327. The van der Waals surface area contributed by atoms with Gasteiger partial charge in [-0.1, -0.05) is 29.3 Å². The molecule has 0 aliphatic carbocycles. The molecule has 0 aliphatic rings. The Balaban J connectivity index is 1.83. The number of halogens is 2. The first-order chi connectivity index (χ1) is 14.3. The van der Waals surface area contributed by atoms with Gasteiger partial charge < -0.3 is 9.73 Å². The van der Waals surface area contributed by atoms with Crippen molar-refractivity contribution in [3.8, 4) is 11.5 Å². The molecule has 5 nitrogen and oxygen atoms in total. The Morgan fingerprint density at radius 1 is 0.933 bits per heavy atom. The van der Waals surface area contributed by atoms with Gasteiger partial charge in [-0.25, -0.2) is 12.8 Å². The molecule has 0 unspecified atom stereocenters. The summed E-state index contributed by atoms with van der Waals surface area (Å²) in [4.78, 5) is 4.30. The zero-order valence-corrected chi connectivity index (χ0v) is 17.3. The normalized spacial score (nSPS) is 11.4. The second kappa shape index (κ2) is 7.93. The van der Waals surface area contributed by atoms with E-state index in [2.05, 4.69) is 10.3 Å². The van der Waals surface area contributed by atoms with E-state index in [1.807, 2.05) is 19.1 Å². The van der Waals surface area contributed by atoms with Gasteiger partial charge in [-0.3, -0.25) is 0 Å². The predicted molar refractivity (Wildman–Crippen MR) is 113 cm³/mol. The fraction of sp³-hybridized carbons (Fsp3) is 0.0455. The van der Waals surface area contributed by atoms with Gasteiger partial charge in [-0.2, -0.15) is 4.98 Å². The Bertz CT molecular complexity index is 1280. The molecule has 152 valence electrons. The van der Waals surface area contributed by atoms with Crippen molar-refractivity contribution < 1.29 is 17.2 Å². The lowest BCUT2D eigenvalue weighted by molar-refractivity contribution is 0.581. The summed E-state index contributed by atoms with van der Waals surface area (Å²) in [6.45, 7) is 1.94. The van der Waals surface area contributed by atoms with Crippen molar-refractivity contribution in [1.29, 1.82) is 0 Å². The van der Waals surface area contributed by atoms with Gasteiger partial charge in [-0.05, 0) is 67.6 Å². The van der Waals surface area contributed by atoms with Crippen LogP contribution in [0.1, 0.15) is 5.56 Å². The Hall–Kier alpha value is -3.16. The molecule has 0 amide bonds. The highest BCUT2D eigenvalue weighted by atomic mass is 35.5. The Morgan fingerprint density at radius 3 is 2.20 bits per heavy atom. The number of aromatic nitrogens is 1. The van der Waals surface area contributed by atoms with Gasteiger partial charge in [0.2, 0.25) is 26.6 Å². The highest BCUT2D eigenvalue weighted by Crippen LogP contribution is 2.34. The second-order valence-corrected chi connectivity index (χ2v) is 8.91. The van der Waals surface area contributed by atoms with E-state index in [4.69, 9.17) is 16.0 Å². The lowest BCUT2D eigenvalue weighted by Crippen LogP contribution is -2.05. The highest BCUT2D eigenvalue weighted by molar-refractivity contribution is 7.91. The van der Waals surface area contributed by atoms with Crippen LogP contribution >= 0.6 is 11.6 Å². The van der Waals surface area contributed by atoms with E-state index in [1.165, 1.54) is 48.5 Å². The molecule has 0 saturated heterocycles. The molecule has 4 aromatic rings. The van der Waals surface area contributed by atoms with Crippen molar-refractivity contribution in [1.82, 2.24) is 4.98 Å². The van der Waals surface area contributed by atoms with Gasteiger partial charge in [0, 0.05) is 16.3 Å². The number of sulfone groups is 1. The molecular formula is C22H16ClFN2O3S. The molecule has 0 saturated carbocycles. The van der Waals surface area contributed by atoms with Crippen molar-refractivity contribution >= 4 is 33.0 Å². The smallest absolute Gasteiger partial charge is 0.238 e. The molecule has 4 rings (SSSR count). The number of aryl methyl sites for hydroxylation is 1. The van der Waals surface area contributed by atoms with Crippen LogP contribution < -0.4 is 5.32 Å². The summed E-state index contributed by atoms with van der Waals surface area (Å²) in [6.07, 6.45) is 0. The number of nitrogens with zero attached hydrogens (tertiary/aromatic N) is 1. The fourth-order valence-corrected chi connectivity index (χ4v) is 4.16. The van der Waals surface area contributed by atoms with Gasteiger partial charge in [-0.15, -0.1) is 0 Å². The molecule has 1 aromatic heterocycles. The van der Waals surface area contributed by atoms with Crippen LogP contribution in [0.15, 0.2) is 87.1 Å². The number of nitrogens with one attached hydrogen (secondary N) is 1. The number of hydrogen-bond acceptors (Lipinski definition) is 5. The van der Waals surface area contributed by atoms with E-state index >= 15 is 0 Å². The summed E-state index contributed by atoms with van der Waals surface area (Å²) >= 11 is 5.88. The molecule has 3 aromatic carbocycles. The summed E-state index contributed by atoms with van der Waals surface area (Å²) in [5.41, 5.74) is 2.12. The average molecular weight is 443 g/mol. The van der Waals surface area contributed by atoms with Crippen LogP contribution in [0.2, 0.25) is 5.02 Å². The van der Waals surface area contributed by atoms with Crippen molar-refractivity contribution in [3.05, 3.63) is 89.2 Å². The van der Waals surface area contributed by atoms with E-state index in [1.54, 1.807) is 12.1 Å². The third-order valence-corrected chi connectivity index (χ3v) is 6.31. The van der Waals surface area contributed by atoms with E-state index in [0.717, 1.165) is 5.56 Å². The molecule has 0 aliphatic heterocycles. The summed E-state index contributed by atoms with van der Waals surface area (Å²) < 4.78 is 45.5. The van der Waals surface area contributed by atoms with Crippen molar-refractivity contribution in [2.45, 2.75) is 16.8 Å². The highest BCUT2D eigenvalue weighted by Gasteiger charge is 2.28. The Kier molecular flexibility index (Phi) is 5.32. The first-order valence-electron chi connectivity index (χ1n) is 8.94. The molecule has 8 heteroatoms. The Labute approximate surface area is 178 Å². The van der Waals surface area contributed by atoms with Crippen LogP contribution in [0.25, 0.3) is 11.5 Å². The van der Waals surface area contributed by atoms with Crippen LogP contribution in [-0.4, -0.2) is 13.4 Å². The minimum Gasteiger partial charge on any atom is -0.419 e. The minimum atomic E-state index is -4.01. The van der Waals surface area contributed by atoms with Crippen LogP contribution in [0.4, 0.5) is 16.0 Å². The first-order valence-corrected chi connectivity index (χ1v) is 10.8. The van der Waals surface area contributed by atoms with Gasteiger partial charge in [0.05, 0.1) is 4.90 Å².